The van der Waals surface area contributed by atoms with Crippen molar-refractivity contribution in [1.82, 2.24) is 4.90 Å². The first-order valence-corrected chi connectivity index (χ1v) is 8.16. The van der Waals surface area contributed by atoms with E-state index in [1.54, 1.807) is 30.3 Å². The summed E-state index contributed by atoms with van der Waals surface area (Å²) in [6, 6.07) is 13.2. The standard InChI is InChI=1S/C20H19FN2O2/c21-17-8-3-14(4-9-17)5-12-19(24)23(18-10-11-18)13-15-1-6-16(7-2-15)20(22)25/h1-9,12,18H,10-11,13H2,(H2,22,25). The Morgan fingerprint density at radius 1 is 1.08 bits per heavy atom. The fourth-order valence-corrected chi connectivity index (χ4v) is 2.58. The molecule has 2 aromatic rings. The number of carbonyl (C=O) groups excluding carboxylic acids is 2. The number of rotatable bonds is 6. The summed E-state index contributed by atoms with van der Waals surface area (Å²) in [5.41, 5.74) is 7.41. The molecule has 0 spiro atoms. The average molecular weight is 338 g/mol. The van der Waals surface area contributed by atoms with E-state index in [2.05, 4.69) is 0 Å². The van der Waals surface area contributed by atoms with Crippen LogP contribution in [0.1, 0.15) is 34.3 Å². The second-order valence-electron chi connectivity index (χ2n) is 6.14. The number of benzene rings is 2. The molecule has 0 saturated heterocycles. The molecular weight excluding hydrogens is 319 g/mol. The van der Waals surface area contributed by atoms with Gasteiger partial charge in [-0.1, -0.05) is 24.3 Å². The van der Waals surface area contributed by atoms with E-state index in [0.29, 0.717) is 12.1 Å². The van der Waals surface area contributed by atoms with Crippen molar-refractivity contribution >= 4 is 17.9 Å². The summed E-state index contributed by atoms with van der Waals surface area (Å²) in [5.74, 6) is -0.850. The summed E-state index contributed by atoms with van der Waals surface area (Å²) in [7, 11) is 0. The predicted molar refractivity (Wildman–Crippen MR) is 94.0 cm³/mol. The lowest BCUT2D eigenvalue weighted by atomic mass is 10.1. The van der Waals surface area contributed by atoms with E-state index in [1.165, 1.54) is 18.2 Å². The molecule has 0 atom stereocenters. The lowest BCUT2D eigenvalue weighted by Gasteiger charge is -2.21. The number of primary amides is 1. The van der Waals surface area contributed by atoms with Crippen LogP contribution in [0.4, 0.5) is 4.39 Å². The molecule has 0 aromatic heterocycles. The van der Waals surface area contributed by atoms with Gasteiger partial charge in [0.1, 0.15) is 5.82 Å². The van der Waals surface area contributed by atoms with Crippen molar-refractivity contribution in [1.29, 1.82) is 0 Å². The Hall–Kier alpha value is -2.95. The molecule has 0 aliphatic heterocycles. The Labute approximate surface area is 145 Å². The lowest BCUT2D eigenvalue weighted by molar-refractivity contribution is -0.127. The number of nitrogens with two attached hydrogens (primary N) is 1. The van der Waals surface area contributed by atoms with Crippen molar-refractivity contribution in [3.8, 4) is 0 Å². The summed E-state index contributed by atoms with van der Waals surface area (Å²) in [6.45, 7) is 0.482. The highest BCUT2D eigenvalue weighted by Gasteiger charge is 2.31. The Bertz CT molecular complexity index is 793. The van der Waals surface area contributed by atoms with Gasteiger partial charge in [-0.2, -0.15) is 0 Å². The van der Waals surface area contributed by atoms with Gasteiger partial charge >= 0.3 is 0 Å². The van der Waals surface area contributed by atoms with Gasteiger partial charge in [-0.3, -0.25) is 9.59 Å². The topological polar surface area (TPSA) is 63.4 Å². The van der Waals surface area contributed by atoms with Gasteiger partial charge in [0, 0.05) is 24.2 Å². The van der Waals surface area contributed by atoms with Crippen molar-refractivity contribution in [3.63, 3.8) is 0 Å². The van der Waals surface area contributed by atoms with Crippen LogP contribution < -0.4 is 5.73 Å². The normalized spacial score (nSPS) is 13.8. The zero-order chi connectivity index (χ0) is 17.8. The maximum atomic E-state index is 12.9. The Morgan fingerprint density at radius 3 is 2.28 bits per heavy atom. The van der Waals surface area contributed by atoms with Crippen molar-refractivity contribution in [3.05, 3.63) is 77.1 Å². The van der Waals surface area contributed by atoms with E-state index in [-0.39, 0.29) is 17.8 Å². The highest BCUT2D eigenvalue weighted by molar-refractivity contribution is 5.93. The molecule has 2 aromatic carbocycles. The summed E-state index contributed by atoms with van der Waals surface area (Å²) in [4.78, 5) is 25.5. The quantitative estimate of drug-likeness (QED) is 0.823. The molecule has 3 rings (SSSR count). The van der Waals surface area contributed by atoms with Crippen LogP contribution in [0.3, 0.4) is 0 Å². The number of amides is 2. The third-order valence-electron chi connectivity index (χ3n) is 4.15. The number of hydrogen-bond acceptors (Lipinski definition) is 2. The Balaban J connectivity index is 1.69. The van der Waals surface area contributed by atoms with E-state index in [1.807, 2.05) is 17.0 Å². The molecule has 0 unspecified atom stereocenters. The first-order chi connectivity index (χ1) is 12.0. The summed E-state index contributed by atoms with van der Waals surface area (Å²) in [5, 5.41) is 0. The molecule has 25 heavy (non-hydrogen) atoms. The largest absolute Gasteiger partial charge is 0.366 e. The van der Waals surface area contributed by atoms with Crippen LogP contribution in [0.25, 0.3) is 6.08 Å². The Morgan fingerprint density at radius 2 is 1.72 bits per heavy atom. The van der Waals surface area contributed by atoms with Gasteiger partial charge in [-0.15, -0.1) is 0 Å². The molecule has 2 amide bonds. The molecule has 0 heterocycles. The third kappa shape index (κ3) is 4.53. The molecule has 128 valence electrons. The summed E-state index contributed by atoms with van der Waals surface area (Å²) in [6.07, 6.45) is 5.20. The number of halogens is 1. The van der Waals surface area contributed by atoms with Gasteiger partial charge < -0.3 is 10.6 Å². The first kappa shape index (κ1) is 16.9. The molecular formula is C20H19FN2O2. The van der Waals surface area contributed by atoms with Crippen LogP contribution in [0.5, 0.6) is 0 Å². The second kappa shape index (κ2) is 7.30. The summed E-state index contributed by atoms with van der Waals surface area (Å²) >= 11 is 0. The van der Waals surface area contributed by atoms with Gasteiger partial charge in [-0.05, 0) is 54.3 Å². The van der Waals surface area contributed by atoms with Crippen LogP contribution >= 0.6 is 0 Å². The van der Waals surface area contributed by atoms with Crippen LogP contribution in [0.15, 0.2) is 54.6 Å². The van der Waals surface area contributed by atoms with Crippen LogP contribution in [-0.4, -0.2) is 22.8 Å². The second-order valence-corrected chi connectivity index (χ2v) is 6.14. The maximum absolute atomic E-state index is 12.9. The van der Waals surface area contributed by atoms with Crippen molar-refractivity contribution in [2.75, 3.05) is 0 Å². The van der Waals surface area contributed by atoms with E-state index in [4.69, 9.17) is 5.73 Å². The van der Waals surface area contributed by atoms with Crippen LogP contribution in [0, 0.1) is 5.82 Å². The van der Waals surface area contributed by atoms with Gasteiger partial charge in [0.25, 0.3) is 0 Å². The average Bonchev–Trinajstić information content (AvgIpc) is 3.44. The van der Waals surface area contributed by atoms with E-state index >= 15 is 0 Å². The molecule has 1 aliphatic carbocycles. The molecule has 2 N–H and O–H groups in total. The highest BCUT2D eigenvalue weighted by Crippen LogP contribution is 2.28. The molecule has 5 heteroatoms. The lowest BCUT2D eigenvalue weighted by Crippen LogP contribution is -2.31. The third-order valence-corrected chi connectivity index (χ3v) is 4.15. The maximum Gasteiger partial charge on any atom is 0.248 e. The minimum absolute atomic E-state index is 0.0780. The molecule has 1 saturated carbocycles. The minimum Gasteiger partial charge on any atom is -0.366 e. The fraction of sp³-hybridized carbons (Fsp3) is 0.200. The molecule has 0 bridgehead atoms. The summed E-state index contributed by atoms with van der Waals surface area (Å²) < 4.78 is 12.9. The number of hydrogen-bond donors (Lipinski definition) is 1. The SMILES string of the molecule is NC(=O)c1ccc(CN(C(=O)C=Cc2ccc(F)cc2)C2CC2)cc1. The van der Waals surface area contributed by atoms with Crippen molar-refractivity contribution in [2.24, 2.45) is 5.73 Å². The molecule has 0 radical (unpaired) electrons. The van der Waals surface area contributed by atoms with Gasteiger partial charge in [-0.25, -0.2) is 4.39 Å². The van der Waals surface area contributed by atoms with E-state index in [9.17, 15) is 14.0 Å². The zero-order valence-electron chi connectivity index (χ0n) is 13.7. The van der Waals surface area contributed by atoms with Crippen LogP contribution in [-0.2, 0) is 11.3 Å². The zero-order valence-corrected chi connectivity index (χ0v) is 13.7. The van der Waals surface area contributed by atoms with Gasteiger partial charge in [0.05, 0.1) is 0 Å². The van der Waals surface area contributed by atoms with Gasteiger partial charge in [0.15, 0.2) is 0 Å². The monoisotopic (exact) mass is 338 g/mol. The molecule has 4 nitrogen and oxygen atoms in total. The number of nitrogens with zero attached hydrogens (tertiary/aromatic N) is 1. The fourth-order valence-electron chi connectivity index (χ4n) is 2.58. The smallest absolute Gasteiger partial charge is 0.248 e. The van der Waals surface area contributed by atoms with E-state index < -0.39 is 5.91 Å². The predicted octanol–water partition coefficient (Wildman–Crippen LogP) is 3.13. The van der Waals surface area contributed by atoms with Gasteiger partial charge in [0.2, 0.25) is 11.8 Å². The van der Waals surface area contributed by atoms with E-state index in [0.717, 1.165) is 24.0 Å². The molecule has 1 fully saturated rings. The van der Waals surface area contributed by atoms with Crippen molar-refractivity contribution in [2.45, 2.75) is 25.4 Å². The Kier molecular flexibility index (Phi) is 4.93. The minimum atomic E-state index is -0.469. The van der Waals surface area contributed by atoms with Crippen molar-refractivity contribution < 1.29 is 14.0 Å². The van der Waals surface area contributed by atoms with Crippen LogP contribution in [0.2, 0.25) is 0 Å². The molecule has 1 aliphatic rings. The highest BCUT2D eigenvalue weighted by atomic mass is 19.1. The first-order valence-electron chi connectivity index (χ1n) is 8.16. The number of carbonyl (C=O) groups is 2.